The van der Waals surface area contributed by atoms with Crippen molar-refractivity contribution in [3.05, 3.63) is 0 Å². The third kappa shape index (κ3) is 14.2. The smallest absolute Gasteiger partial charge is 0.321 e. The van der Waals surface area contributed by atoms with Gasteiger partial charge in [0.15, 0.2) is 0 Å². The van der Waals surface area contributed by atoms with Crippen molar-refractivity contribution < 1.29 is 19.2 Å². The standard InChI is InChI=1S/C19H34N4O4S2/c1-2-3-4-8-11-16(24)22-18(26)20-12-13-28-29-14-17(25)23-19(27)21-15-9-6-5-7-10-15/h15H,2-14H2,1H3,(H2,20,22,24,26)(H2,21,23,25,27). The van der Waals surface area contributed by atoms with Crippen LogP contribution in [0.3, 0.4) is 0 Å². The van der Waals surface area contributed by atoms with E-state index < -0.39 is 12.1 Å². The molecule has 29 heavy (non-hydrogen) atoms. The minimum absolute atomic E-state index is 0.158. The maximum atomic E-state index is 11.8. The molecule has 0 heterocycles. The van der Waals surface area contributed by atoms with Crippen molar-refractivity contribution in [2.24, 2.45) is 0 Å². The molecule has 0 atom stereocenters. The van der Waals surface area contributed by atoms with Crippen molar-refractivity contribution >= 4 is 45.5 Å². The molecule has 0 aliphatic heterocycles. The molecule has 0 bridgehead atoms. The Balaban J connectivity index is 1.97. The van der Waals surface area contributed by atoms with Gasteiger partial charge in [-0.1, -0.05) is 67.0 Å². The molecular formula is C19H34N4O4S2. The van der Waals surface area contributed by atoms with Gasteiger partial charge in [0.05, 0.1) is 5.75 Å². The Kier molecular flexibility index (Phi) is 14.5. The molecule has 0 saturated heterocycles. The zero-order valence-electron chi connectivity index (χ0n) is 17.2. The van der Waals surface area contributed by atoms with Crippen LogP contribution in [0, 0.1) is 0 Å². The second-order valence-corrected chi connectivity index (χ2v) is 9.64. The number of carbonyl (C=O) groups is 4. The number of carbonyl (C=O) groups excluding carboxylic acids is 4. The van der Waals surface area contributed by atoms with Crippen molar-refractivity contribution in [3.63, 3.8) is 0 Å². The van der Waals surface area contributed by atoms with Gasteiger partial charge in [-0.15, -0.1) is 0 Å². The molecule has 0 radical (unpaired) electrons. The summed E-state index contributed by atoms with van der Waals surface area (Å²) in [6.07, 6.45) is 9.73. The summed E-state index contributed by atoms with van der Waals surface area (Å²) in [5.74, 6) is 0.147. The van der Waals surface area contributed by atoms with E-state index in [4.69, 9.17) is 0 Å². The zero-order chi connectivity index (χ0) is 21.3. The van der Waals surface area contributed by atoms with Gasteiger partial charge >= 0.3 is 12.1 Å². The fourth-order valence-electron chi connectivity index (χ4n) is 2.94. The maximum absolute atomic E-state index is 11.8. The molecule has 1 saturated carbocycles. The lowest BCUT2D eigenvalue weighted by Gasteiger charge is -2.22. The molecule has 0 aromatic rings. The number of hydrogen-bond acceptors (Lipinski definition) is 6. The number of amides is 6. The number of urea groups is 2. The third-order valence-corrected chi connectivity index (χ3v) is 6.72. The second-order valence-electron chi connectivity index (χ2n) is 7.06. The molecule has 0 unspecified atom stereocenters. The van der Waals surface area contributed by atoms with Crippen molar-refractivity contribution in [1.82, 2.24) is 21.3 Å². The zero-order valence-corrected chi connectivity index (χ0v) is 18.9. The van der Waals surface area contributed by atoms with Crippen LogP contribution in [0.5, 0.6) is 0 Å². The first-order valence-electron chi connectivity index (χ1n) is 10.4. The number of nitrogens with one attached hydrogen (secondary N) is 4. The minimum Gasteiger partial charge on any atom is -0.337 e. The van der Waals surface area contributed by atoms with Crippen LogP contribution in [0.4, 0.5) is 9.59 Å². The summed E-state index contributed by atoms with van der Waals surface area (Å²) in [7, 11) is 2.74. The molecule has 0 aromatic carbocycles. The Morgan fingerprint density at radius 1 is 0.862 bits per heavy atom. The first-order valence-corrected chi connectivity index (χ1v) is 12.9. The maximum Gasteiger partial charge on any atom is 0.321 e. The largest absolute Gasteiger partial charge is 0.337 e. The molecule has 1 aliphatic carbocycles. The number of imide groups is 2. The minimum atomic E-state index is -0.492. The molecule has 10 heteroatoms. The summed E-state index contributed by atoms with van der Waals surface area (Å²) >= 11 is 0. The molecule has 6 amide bonds. The van der Waals surface area contributed by atoms with Gasteiger partial charge in [0.2, 0.25) is 11.8 Å². The molecule has 166 valence electrons. The van der Waals surface area contributed by atoms with Gasteiger partial charge in [0, 0.05) is 24.8 Å². The van der Waals surface area contributed by atoms with Crippen LogP contribution in [0.25, 0.3) is 0 Å². The molecule has 0 aromatic heterocycles. The van der Waals surface area contributed by atoms with Gasteiger partial charge in [-0.05, 0) is 19.3 Å². The highest BCUT2D eigenvalue weighted by Crippen LogP contribution is 2.20. The predicted octanol–water partition coefficient (Wildman–Crippen LogP) is 3.32. The summed E-state index contributed by atoms with van der Waals surface area (Å²) in [6.45, 7) is 2.49. The molecule has 8 nitrogen and oxygen atoms in total. The lowest BCUT2D eigenvalue weighted by Crippen LogP contribution is -2.45. The Morgan fingerprint density at radius 2 is 1.59 bits per heavy atom. The molecular weight excluding hydrogens is 412 g/mol. The quantitative estimate of drug-likeness (QED) is 0.270. The van der Waals surface area contributed by atoms with Gasteiger partial charge in [0.1, 0.15) is 0 Å². The fourth-order valence-corrected chi connectivity index (χ4v) is 4.68. The summed E-state index contributed by atoms with van der Waals surface area (Å²) in [5.41, 5.74) is 0. The van der Waals surface area contributed by atoms with E-state index in [1.165, 1.54) is 28.0 Å². The van der Waals surface area contributed by atoms with Crippen molar-refractivity contribution in [2.75, 3.05) is 18.1 Å². The highest BCUT2D eigenvalue weighted by atomic mass is 33.1. The summed E-state index contributed by atoms with van der Waals surface area (Å²) in [5, 5.41) is 10.1. The number of unbranched alkanes of at least 4 members (excludes halogenated alkanes) is 3. The Labute approximate surface area is 181 Å². The summed E-state index contributed by atoms with van der Waals surface area (Å²) in [4.78, 5) is 46.7. The number of hydrogen-bond donors (Lipinski definition) is 4. The predicted molar refractivity (Wildman–Crippen MR) is 119 cm³/mol. The number of rotatable bonds is 12. The molecule has 1 aliphatic rings. The average molecular weight is 447 g/mol. The highest BCUT2D eigenvalue weighted by Gasteiger charge is 2.16. The highest BCUT2D eigenvalue weighted by molar-refractivity contribution is 8.76. The summed E-state index contributed by atoms with van der Waals surface area (Å²) < 4.78 is 0. The van der Waals surface area contributed by atoms with E-state index in [0.29, 0.717) is 18.7 Å². The van der Waals surface area contributed by atoms with Gasteiger partial charge in [-0.3, -0.25) is 20.2 Å². The van der Waals surface area contributed by atoms with E-state index in [-0.39, 0.29) is 23.6 Å². The lowest BCUT2D eigenvalue weighted by atomic mass is 9.96. The van der Waals surface area contributed by atoms with Gasteiger partial charge in [-0.2, -0.15) is 0 Å². The SMILES string of the molecule is CCCCCCC(=O)NC(=O)NCCSSCC(=O)NC(=O)NC1CCCCC1. The van der Waals surface area contributed by atoms with Crippen LogP contribution in [0.15, 0.2) is 0 Å². The van der Waals surface area contributed by atoms with E-state index >= 15 is 0 Å². The van der Waals surface area contributed by atoms with E-state index in [0.717, 1.165) is 51.4 Å². The Bertz CT molecular complexity index is 528. The Morgan fingerprint density at radius 3 is 2.31 bits per heavy atom. The van der Waals surface area contributed by atoms with Crippen molar-refractivity contribution in [3.8, 4) is 0 Å². The van der Waals surface area contributed by atoms with E-state index in [1.54, 1.807) is 0 Å². The van der Waals surface area contributed by atoms with Crippen LogP contribution in [-0.2, 0) is 9.59 Å². The van der Waals surface area contributed by atoms with Crippen LogP contribution in [-0.4, -0.2) is 48.0 Å². The second kappa shape index (κ2) is 16.4. The van der Waals surface area contributed by atoms with Crippen molar-refractivity contribution in [2.45, 2.75) is 77.2 Å². The van der Waals surface area contributed by atoms with Gasteiger partial charge < -0.3 is 10.6 Å². The van der Waals surface area contributed by atoms with Crippen molar-refractivity contribution in [1.29, 1.82) is 0 Å². The van der Waals surface area contributed by atoms with Crippen LogP contribution in [0.1, 0.15) is 71.1 Å². The summed E-state index contributed by atoms with van der Waals surface area (Å²) in [6, 6.07) is -0.752. The first-order chi connectivity index (χ1) is 14.0. The van der Waals surface area contributed by atoms with Crippen LogP contribution < -0.4 is 21.3 Å². The van der Waals surface area contributed by atoms with Gasteiger partial charge in [0.25, 0.3) is 0 Å². The van der Waals surface area contributed by atoms with Crippen LogP contribution in [0.2, 0.25) is 0 Å². The first kappa shape index (κ1) is 25.6. The van der Waals surface area contributed by atoms with E-state index in [2.05, 4.69) is 28.2 Å². The molecule has 4 N–H and O–H groups in total. The van der Waals surface area contributed by atoms with E-state index in [9.17, 15) is 19.2 Å². The fraction of sp³-hybridized carbons (Fsp3) is 0.789. The monoisotopic (exact) mass is 446 g/mol. The molecule has 1 fully saturated rings. The molecule has 1 rings (SSSR count). The topological polar surface area (TPSA) is 116 Å². The normalized spacial score (nSPS) is 14.1. The molecule has 0 spiro atoms. The van der Waals surface area contributed by atoms with Crippen LogP contribution >= 0.6 is 21.6 Å². The Hall–Kier alpha value is -1.42. The average Bonchev–Trinajstić information content (AvgIpc) is 2.68. The third-order valence-electron chi connectivity index (χ3n) is 4.45. The lowest BCUT2D eigenvalue weighted by molar-refractivity contribution is -0.120. The van der Waals surface area contributed by atoms with E-state index in [1.807, 2.05) is 0 Å². The van der Waals surface area contributed by atoms with Gasteiger partial charge in [-0.25, -0.2) is 9.59 Å².